The molecule has 0 amide bonds. The maximum Gasteiger partial charge on any atom is 0.126 e. The summed E-state index contributed by atoms with van der Waals surface area (Å²) in [5.41, 5.74) is 12.6. The monoisotopic (exact) mass is 236 g/mol. The molecule has 0 unspecified atom stereocenters. The third-order valence-electron chi connectivity index (χ3n) is 2.84. The molecular weight excluding hydrogens is 216 g/mol. The quantitative estimate of drug-likeness (QED) is 0.743. The van der Waals surface area contributed by atoms with Crippen molar-refractivity contribution in [1.29, 1.82) is 0 Å². The lowest BCUT2D eigenvalue weighted by molar-refractivity contribution is 0.407. The number of phenolic OH excluding ortho intramolecular Hbond substituents is 1. The summed E-state index contributed by atoms with van der Waals surface area (Å²) in [7, 11) is 1.55. The van der Waals surface area contributed by atoms with E-state index in [1.165, 1.54) is 0 Å². The molecule has 0 atom stereocenters. The van der Waals surface area contributed by atoms with Gasteiger partial charge in [0.25, 0.3) is 0 Å². The number of nitrogens with two attached hydrogens (primary N) is 2. The molecule has 4 heteroatoms. The molecule has 0 aromatic heterocycles. The van der Waals surface area contributed by atoms with Crippen molar-refractivity contribution < 1.29 is 9.84 Å². The number of rotatable bonds is 4. The van der Waals surface area contributed by atoms with Gasteiger partial charge >= 0.3 is 0 Å². The van der Waals surface area contributed by atoms with Crippen LogP contribution in [0.5, 0.6) is 11.5 Å². The molecular formula is C13H20N2O2. The highest BCUT2D eigenvalue weighted by atomic mass is 16.5. The smallest absolute Gasteiger partial charge is 0.126 e. The second-order valence-corrected chi connectivity index (χ2v) is 4.61. The summed E-state index contributed by atoms with van der Waals surface area (Å²) in [5, 5.41) is 9.80. The summed E-state index contributed by atoms with van der Waals surface area (Å²) in [5.74, 6) is 0.747. The first-order valence-electron chi connectivity index (χ1n) is 5.45. The average molecular weight is 236 g/mol. The first kappa shape index (κ1) is 13.4. The summed E-state index contributed by atoms with van der Waals surface area (Å²) in [6, 6.07) is 5.08. The fourth-order valence-electron chi connectivity index (χ4n) is 1.25. The zero-order chi connectivity index (χ0) is 13.1. The van der Waals surface area contributed by atoms with Crippen LogP contribution in [0.3, 0.4) is 0 Å². The van der Waals surface area contributed by atoms with E-state index in [1.807, 2.05) is 13.8 Å². The average Bonchev–Trinajstić information content (AvgIpc) is 2.31. The summed E-state index contributed by atoms with van der Waals surface area (Å²) >= 11 is 0. The summed E-state index contributed by atoms with van der Waals surface area (Å²) < 4.78 is 5.01. The van der Waals surface area contributed by atoms with Gasteiger partial charge < -0.3 is 21.3 Å². The van der Waals surface area contributed by atoms with Crippen molar-refractivity contribution in [2.75, 3.05) is 13.7 Å². The van der Waals surface area contributed by atoms with Crippen LogP contribution >= 0.6 is 0 Å². The molecule has 0 aliphatic heterocycles. The van der Waals surface area contributed by atoms with Crippen molar-refractivity contribution >= 4 is 6.08 Å². The van der Waals surface area contributed by atoms with E-state index in [0.29, 0.717) is 23.6 Å². The number of methoxy groups -OCH3 is 1. The van der Waals surface area contributed by atoms with Crippen molar-refractivity contribution in [1.82, 2.24) is 0 Å². The molecule has 4 nitrogen and oxygen atoms in total. The molecule has 17 heavy (non-hydrogen) atoms. The zero-order valence-corrected chi connectivity index (χ0v) is 10.5. The van der Waals surface area contributed by atoms with Crippen LogP contribution in [0.4, 0.5) is 0 Å². The highest BCUT2D eigenvalue weighted by molar-refractivity contribution is 5.61. The lowest BCUT2D eigenvalue weighted by atomic mass is 9.88. The van der Waals surface area contributed by atoms with Crippen molar-refractivity contribution in [3.8, 4) is 11.5 Å². The minimum Gasteiger partial charge on any atom is -0.507 e. The van der Waals surface area contributed by atoms with E-state index in [4.69, 9.17) is 16.2 Å². The third kappa shape index (κ3) is 3.14. The topological polar surface area (TPSA) is 81.5 Å². The normalized spacial score (nSPS) is 12.6. The van der Waals surface area contributed by atoms with Crippen molar-refractivity contribution in [2.24, 2.45) is 16.9 Å². The van der Waals surface area contributed by atoms with Crippen molar-refractivity contribution in [3.05, 3.63) is 29.5 Å². The number of hydrogen-bond donors (Lipinski definition) is 3. The number of phenols is 1. The Bertz CT molecular complexity index is 425. The van der Waals surface area contributed by atoms with E-state index < -0.39 is 0 Å². The summed E-state index contributed by atoms with van der Waals surface area (Å²) in [4.78, 5) is 0. The van der Waals surface area contributed by atoms with Gasteiger partial charge in [0.2, 0.25) is 0 Å². The highest BCUT2D eigenvalue weighted by Gasteiger charge is 2.19. The predicted octanol–water partition coefficient (Wildman–Crippen LogP) is 1.69. The number of hydrogen-bond acceptors (Lipinski definition) is 4. The molecule has 0 aliphatic carbocycles. The molecule has 0 saturated carbocycles. The number of aromatic hydroxyl groups is 1. The maximum atomic E-state index is 9.80. The molecule has 0 bridgehead atoms. The SMILES string of the molecule is COc1ccc(C=C(N)C(C)(C)CN)c(O)c1. The third-order valence-corrected chi connectivity index (χ3v) is 2.84. The predicted molar refractivity (Wildman–Crippen MR) is 69.7 cm³/mol. The Morgan fingerprint density at radius 2 is 2.12 bits per heavy atom. The van der Waals surface area contributed by atoms with E-state index in [0.717, 1.165) is 0 Å². The Balaban J connectivity index is 3.06. The molecule has 0 spiro atoms. The fourth-order valence-corrected chi connectivity index (χ4v) is 1.25. The van der Waals surface area contributed by atoms with Crippen LogP contribution in [0, 0.1) is 5.41 Å². The first-order chi connectivity index (χ1) is 7.90. The van der Waals surface area contributed by atoms with Gasteiger partial charge in [0.1, 0.15) is 11.5 Å². The van der Waals surface area contributed by atoms with Gasteiger partial charge in [0, 0.05) is 29.3 Å². The van der Waals surface area contributed by atoms with Crippen LogP contribution in [-0.4, -0.2) is 18.8 Å². The Labute approximate surface area is 102 Å². The molecule has 0 saturated heterocycles. The molecule has 5 N–H and O–H groups in total. The van der Waals surface area contributed by atoms with Gasteiger partial charge in [-0.1, -0.05) is 13.8 Å². The fraction of sp³-hybridized carbons (Fsp3) is 0.385. The van der Waals surface area contributed by atoms with Gasteiger partial charge in [0.15, 0.2) is 0 Å². The number of benzene rings is 1. The first-order valence-corrected chi connectivity index (χ1v) is 5.45. The minimum atomic E-state index is -0.285. The van der Waals surface area contributed by atoms with Gasteiger partial charge in [-0.15, -0.1) is 0 Å². The number of ether oxygens (including phenoxy) is 1. The van der Waals surface area contributed by atoms with Gasteiger partial charge in [-0.3, -0.25) is 0 Å². The Hall–Kier alpha value is -1.68. The van der Waals surface area contributed by atoms with Crippen LogP contribution in [0.1, 0.15) is 19.4 Å². The van der Waals surface area contributed by atoms with Crippen molar-refractivity contribution in [2.45, 2.75) is 13.8 Å². The largest absolute Gasteiger partial charge is 0.507 e. The summed E-state index contributed by atoms with van der Waals surface area (Å²) in [6.45, 7) is 4.37. The summed E-state index contributed by atoms with van der Waals surface area (Å²) in [6.07, 6.45) is 1.74. The molecule has 1 aromatic rings. The molecule has 0 fully saturated rings. The Morgan fingerprint density at radius 3 is 2.59 bits per heavy atom. The Morgan fingerprint density at radius 1 is 1.47 bits per heavy atom. The van der Waals surface area contributed by atoms with Gasteiger partial charge in [-0.05, 0) is 18.2 Å². The van der Waals surface area contributed by atoms with E-state index in [9.17, 15) is 5.11 Å². The maximum absolute atomic E-state index is 9.80. The van der Waals surface area contributed by atoms with Crippen LogP contribution in [0.15, 0.2) is 23.9 Å². The van der Waals surface area contributed by atoms with Crippen LogP contribution in [0.2, 0.25) is 0 Å². The molecule has 1 aromatic carbocycles. The van der Waals surface area contributed by atoms with Crippen LogP contribution < -0.4 is 16.2 Å². The minimum absolute atomic E-state index is 0.139. The molecule has 0 radical (unpaired) electrons. The van der Waals surface area contributed by atoms with E-state index in [1.54, 1.807) is 31.4 Å². The molecule has 94 valence electrons. The second-order valence-electron chi connectivity index (χ2n) is 4.61. The molecule has 1 rings (SSSR count). The Kier molecular flexibility index (Phi) is 4.02. The standard InChI is InChI=1S/C13H20N2O2/c1-13(2,8-14)12(15)6-9-4-5-10(17-3)7-11(9)16/h4-7,16H,8,14-15H2,1-3H3. The molecule has 0 heterocycles. The van der Waals surface area contributed by atoms with Crippen molar-refractivity contribution in [3.63, 3.8) is 0 Å². The van der Waals surface area contributed by atoms with E-state index in [-0.39, 0.29) is 11.2 Å². The lowest BCUT2D eigenvalue weighted by Crippen LogP contribution is -2.29. The van der Waals surface area contributed by atoms with Gasteiger partial charge in [0.05, 0.1) is 7.11 Å². The zero-order valence-electron chi connectivity index (χ0n) is 10.5. The van der Waals surface area contributed by atoms with Crippen LogP contribution in [0.25, 0.3) is 6.08 Å². The van der Waals surface area contributed by atoms with Crippen LogP contribution in [-0.2, 0) is 0 Å². The lowest BCUT2D eigenvalue weighted by Gasteiger charge is -2.23. The van der Waals surface area contributed by atoms with Gasteiger partial charge in [-0.25, -0.2) is 0 Å². The van der Waals surface area contributed by atoms with E-state index >= 15 is 0 Å². The molecule has 0 aliphatic rings. The van der Waals surface area contributed by atoms with Gasteiger partial charge in [-0.2, -0.15) is 0 Å². The highest BCUT2D eigenvalue weighted by Crippen LogP contribution is 2.28. The second kappa shape index (κ2) is 5.10. The van der Waals surface area contributed by atoms with E-state index in [2.05, 4.69) is 0 Å².